The van der Waals surface area contributed by atoms with Gasteiger partial charge in [0.25, 0.3) is 5.91 Å². The highest BCUT2D eigenvalue weighted by Gasteiger charge is 2.41. The van der Waals surface area contributed by atoms with Crippen LogP contribution >= 0.6 is 0 Å². The molecule has 1 aromatic carbocycles. The molecule has 0 saturated carbocycles. The van der Waals surface area contributed by atoms with Crippen molar-refractivity contribution in [1.29, 1.82) is 0 Å². The van der Waals surface area contributed by atoms with Crippen molar-refractivity contribution in [3.8, 4) is 5.75 Å². The summed E-state index contributed by atoms with van der Waals surface area (Å²) in [5, 5.41) is 19.0. The molecule has 0 unspecified atom stereocenters. The molecule has 0 radical (unpaired) electrons. The lowest BCUT2D eigenvalue weighted by atomic mass is 9.96. The molecule has 0 spiro atoms. The molecule has 2 rings (SSSR count). The predicted octanol–water partition coefficient (Wildman–Crippen LogP) is 1.36. The van der Waals surface area contributed by atoms with E-state index in [0.717, 1.165) is 0 Å². The Balaban J connectivity index is 2.43. The number of rotatable bonds is 6. The fourth-order valence-electron chi connectivity index (χ4n) is 2.62. The molecule has 6 heteroatoms. The van der Waals surface area contributed by atoms with Crippen LogP contribution < -0.4 is 4.74 Å². The summed E-state index contributed by atoms with van der Waals surface area (Å²) >= 11 is 0. The molecule has 0 saturated heterocycles. The minimum Gasteiger partial charge on any atom is -0.503 e. The smallest absolute Gasteiger partial charge is 0.290 e. The number of methoxy groups -OCH3 is 1. The van der Waals surface area contributed by atoms with E-state index in [1.165, 1.54) is 11.8 Å². The van der Waals surface area contributed by atoms with Crippen molar-refractivity contribution in [2.24, 2.45) is 0 Å². The Labute approximate surface area is 128 Å². The van der Waals surface area contributed by atoms with E-state index in [1.54, 1.807) is 31.4 Å². The van der Waals surface area contributed by atoms with Gasteiger partial charge in [0.1, 0.15) is 5.75 Å². The van der Waals surface area contributed by atoms with Crippen LogP contribution in [-0.4, -0.2) is 47.1 Å². The van der Waals surface area contributed by atoms with Gasteiger partial charge in [0.15, 0.2) is 11.5 Å². The second-order valence-electron chi connectivity index (χ2n) is 5.07. The monoisotopic (exact) mass is 305 g/mol. The number of aliphatic hydroxyl groups excluding tert-OH is 2. The molecule has 22 heavy (non-hydrogen) atoms. The predicted molar refractivity (Wildman–Crippen MR) is 79.5 cm³/mol. The second-order valence-corrected chi connectivity index (χ2v) is 5.07. The Morgan fingerprint density at radius 2 is 1.95 bits per heavy atom. The fourth-order valence-corrected chi connectivity index (χ4v) is 2.62. The molecule has 0 aliphatic carbocycles. The Kier molecular flexibility index (Phi) is 4.82. The first-order chi connectivity index (χ1) is 10.5. The minimum absolute atomic E-state index is 0.0741. The van der Waals surface area contributed by atoms with Crippen molar-refractivity contribution in [2.45, 2.75) is 19.4 Å². The van der Waals surface area contributed by atoms with Crippen LogP contribution in [0.4, 0.5) is 0 Å². The Bertz CT molecular complexity index is 605. The highest BCUT2D eigenvalue weighted by molar-refractivity contribution is 6.08. The van der Waals surface area contributed by atoms with E-state index in [2.05, 4.69) is 0 Å². The number of ether oxygens (including phenoxy) is 1. The van der Waals surface area contributed by atoms with Crippen LogP contribution in [0.3, 0.4) is 0 Å². The zero-order valence-corrected chi connectivity index (χ0v) is 12.6. The quantitative estimate of drug-likeness (QED) is 0.828. The van der Waals surface area contributed by atoms with Crippen molar-refractivity contribution >= 4 is 11.7 Å². The molecule has 1 aromatic rings. The average Bonchev–Trinajstić information content (AvgIpc) is 2.77. The van der Waals surface area contributed by atoms with Crippen molar-refractivity contribution in [2.75, 3.05) is 20.3 Å². The van der Waals surface area contributed by atoms with Crippen LogP contribution in [0, 0.1) is 0 Å². The van der Waals surface area contributed by atoms with Gasteiger partial charge in [0, 0.05) is 13.2 Å². The zero-order valence-electron chi connectivity index (χ0n) is 12.6. The van der Waals surface area contributed by atoms with Crippen LogP contribution in [0.25, 0.3) is 0 Å². The van der Waals surface area contributed by atoms with Gasteiger partial charge in [-0.15, -0.1) is 0 Å². The van der Waals surface area contributed by atoms with Crippen molar-refractivity contribution in [3.63, 3.8) is 0 Å². The first kappa shape index (κ1) is 16.0. The number of hydrogen-bond acceptors (Lipinski definition) is 5. The maximum Gasteiger partial charge on any atom is 0.290 e. The number of amides is 1. The molecule has 2 N–H and O–H groups in total. The molecule has 1 atom stereocenters. The van der Waals surface area contributed by atoms with Crippen molar-refractivity contribution < 1.29 is 24.5 Å². The molecular formula is C16H19NO5. The van der Waals surface area contributed by atoms with E-state index in [4.69, 9.17) is 9.84 Å². The summed E-state index contributed by atoms with van der Waals surface area (Å²) < 4.78 is 5.10. The van der Waals surface area contributed by atoms with Gasteiger partial charge in [-0.05, 0) is 31.0 Å². The SMILES string of the molecule is COc1ccc([C@H]2C(C(C)=O)=C(O)C(=O)N2CCCO)cc1. The molecule has 1 aliphatic heterocycles. The Morgan fingerprint density at radius 3 is 2.45 bits per heavy atom. The van der Waals surface area contributed by atoms with Gasteiger partial charge in [-0.3, -0.25) is 9.59 Å². The van der Waals surface area contributed by atoms with E-state index in [9.17, 15) is 14.7 Å². The van der Waals surface area contributed by atoms with E-state index in [1.807, 2.05) is 0 Å². The minimum atomic E-state index is -0.637. The summed E-state index contributed by atoms with van der Waals surface area (Å²) in [6.07, 6.45) is 0.372. The van der Waals surface area contributed by atoms with Crippen LogP contribution in [0.2, 0.25) is 0 Å². The molecule has 0 bridgehead atoms. The molecule has 1 amide bonds. The maximum atomic E-state index is 12.2. The number of nitrogens with zero attached hydrogens (tertiary/aromatic N) is 1. The number of ketones is 1. The van der Waals surface area contributed by atoms with Gasteiger partial charge in [0.05, 0.1) is 18.7 Å². The summed E-state index contributed by atoms with van der Waals surface area (Å²) in [5.41, 5.74) is 0.800. The highest BCUT2D eigenvalue weighted by atomic mass is 16.5. The summed E-state index contributed by atoms with van der Waals surface area (Å²) in [6.45, 7) is 1.51. The molecule has 1 aliphatic rings. The van der Waals surface area contributed by atoms with Crippen molar-refractivity contribution in [3.05, 3.63) is 41.2 Å². The zero-order chi connectivity index (χ0) is 16.3. The van der Waals surface area contributed by atoms with Crippen LogP contribution in [0.5, 0.6) is 5.75 Å². The van der Waals surface area contributed by atoms with Gasteiger partial charge < -0.3 is 19.8 Å². The average molecular weight is 305 g/mol. The molecule has 0 aromatic heterocycles. The number of carbonyl (C=O) groups excluding carboxylic acids is 2. The molecule has 0 fully saturated rings. The second kappa shape index (κ2) is 6.62. The standard InChI is InChI=1S/C16H19NO5/c1-10(19)13-14(11-4-6-12(22-2)7-5-11)17(8-3-9-18)16(21)15(13)20/h4-7,14,18,20H,3,8-9H2,1-2H3/t14-/m0/s1. The number of benzene rings is 1. The molecular weight excluding hydrogens is 286 g/mol. The molecule has 118 valence electrons. The third-order valence-corrected chi connectivity index (χ3v) is 3.67. The van der Waals surface area contributed by atoms with Crippen LogP contribution in [0.15, 0.2) is 35.6 Å². The van der Waals surface area contributed by atoms with E-state index < -0.39 is 17.7 Å². The summed E-state index contributed by atoms with van der Waals surface area (Å²) in [7, 11) is 1.55. The number of aliphatic hydroxyl groups is 2. The lowest BCUT2D eigenvalue weighted by Crippen LogP contribution is -2.32. The van der Waals surface area contributed by atoms with E-state index >= 15 is 0 Å². The van der Waals surface area contributed by atoms with Gasteiger partial charge in [-0.1, -0.05) is 12.1 Å². The largest absolute Gasteiger partial charge is 0.503 e. The summed E-state index contributed by atoms with van der Waals surface area (Å²) in [4.78, 5) is 25.5. The number of hydrogen-bond donors (Lipinski definition) is 2. The van der Waals surface area contributed by atoms with Gasteiger partial charge in [-0.25, -0.2) is 0 Å². The molecule has 6 nitrogen and oxygen atoms in total. The lowest BCUT2D eigenvalue weighted by Gasteiger charge is -2.26. The highest BCUT2D eigenvalue weighted by Crippen LogP contribution is 2.38. The normalized spacial score (nSPS) is 18.0. The third-order valence-electron chi connectivity index (χ3n) is 3.67. The summed E-state index contributed by atoms with van der Waals surface area (Å²) in [5.74, 6) is -0.781. The van der Waals surface area contributed by atoms with Crippen LogP contribution in [-0.2, 0) is 9.59 Å². The topological polar surface area (TPSA) is 87.1 Å². The summed E-state index contributed by atoms with van der Waals surface area (Å²) in [6, 6.07) is 6.34. The van der Waals surface area contributed by atoms with Crippen molar-refractivity contribution in [1.82, 2.24) is 4.90 Å². The number of carbonyl (C=O) groups is 2. The first-order valence-corrected chi connectivity index (χ1v) is 7.01. The fraction of sp³-hybridized carbons (Fsp3) is 0.375. The van der Waals surface area contributed by atoms with Crippen LogP contribution in [0.1, 0.15) is 24.9 Å². The molecule has 1 heterocycles. The Morgan fingerprint density at radius 1 is 1.32 bits per heavy atom. The maximum absolute atomic E-state index is 12.2. The first-order valence-electron chi connectivity index (χ1n) is 7.01. The van der Waals surface area contributed by atoms with E-state index in [0.29, 0.717) is 17.7 Å². The van der Waals surface area contributed by atoms with E-state index in [-0.39, 0.29) is 24.5 Å². The van der Waals surface area contributed by atoms with Gasteiger partial charge in [-0.2, -0.15) is 0 Å². The number of Topliss-reactive ketones (excluding diaryl/α,β-unsaturated/α-hetero) is 1. The lowest BCUT2D eigenvalue weighted by molar-refractivity contribution is -0.129. The van der Waals surface area contributed by atoms with Gasteiger partial charge in [0.2, 0.25) is 0 Å². The Hall–Kier alpha value is -2.34. The third kappa shape index (κ3) is 2.82. The van der Waals surface area contributed by atoms with Gasteiger partial charge >= 0.3 is 0 Å².